The molecule has 0 saturated carbocycles. The summed E-state index contributed by atoms with van der Waals surface area (Å²) < 4.78 is 5.24. The molecule has 28 heavy (non-hydrogen) atoms. The topological polar surface area (TPSA) is 91.2 Å². The predicted molar refractivity (Wildman–Crippen MR) is 112 cm³/mol. The molecule has 8 heteroatoms. The molecule has 0 aromatic carbocycles. The molecule has 2 aromatic rings. The molecule has 0 fully saturated rings. The highest BCUT2D eigenvalue weighted by Crippen LogP contribution is 2.39. The van der Waals surface area contributed by atoms with Crippen molar-refractivity contribution in [3.8, 4) is 6.07 Å². The van der Waals surface area contributed by atoms with Crippen molar-refractivity contribution in [1.82, 2.24) is 5.32 Å². The van der Waals surface area contributed by atoms with Crippen LogP contribution in [0.25, 0.3) is 6.08 Å². The number of hydrogen-bond donors (Lipinski definition) is 2. The highest BCUT2D eigenvalue weighted by molar-refractivity contribution is 7.16. The number of hydrogen-bond acceptors (Lipinski definition) is 6. The number of rotatable bonds is 6. The average molecular weight is 416 g/mol. The number of alkyl carbamates (subject to hydrolysis) is 1. The van der Waals surface area contributed by atoms with E-state index in [1.165, 1.54) is 17.4 Å². The summed E-state index contributed by atoms with van der Waals surface area (Å²) in [6, 6.07) is 6.10. The lowest BCUT2D eigenvalue weighted by atomic mass is 9.88. The Hall–Kier alpha value is -2.63. The van der Waals surface area contributed by atoms with Crippen molar-refractivity contribution < 1.29 is 14.3 Å². The highest BCUT2D eigenvalue weighted by Gasteiger charge is 2.27. The second-order valence-electron chi connectivity index (χ2n) is 6.40. The van der Waals surface area contributed by atoms with E-state index in [1.807, 2.05) is 24.4 Å². The number of nitrogens with zero attached hydrogens (tertiary/aromatic N) is 1. The van der Waals surface area contributed by atoms with Crippen molar-refractivity contribution in [1.29, 1.82) is 5.26 Å². The Morgan fingerprint density at radius 2 is 2.32 bits per heavy atom. The van der Waals surface area contributed by atoms with Gasteiger partial charge in [-0.1, -0.05) is 6.07 Å². The van der Waals surface area contributed by atoms with Gasteiger partial charge in [-0.15, -0.1) is 22.7 Å². The van der Waals surface area contributed by atoms with E-state index < -0.39 is 6.09 Å². The van der Waals surface area contributed by atoms with E-state index in [0.717, 1.165) is 34.6 Å². The smallest absolute Gasteiger partial charge is 0.407 e. The Balaban J connectivity index is 1.64. The van der Waals surface area contributed by atoms with Gasteiger partial charge in [-0.25, -0.2) is 4.79 Å². The Morgan fingerprint density at radius 1 is 1.46 bits per heavy atom. The van der Waals surface area contributed by atoms with E-state index in [1.54, 1.807) is 17.4 Å². The van der Waals surface area contributed by atoms with E-state index in [-0.39, 0.29) is 11.8 Å². The molecule has 6 nitrogen and oxygen atoms in total. The Kier molecular flexibility index (Phi) is 6.85. The first kappa shape index (κ1) is 20.1. The van der Waals surface area contributed by atoms with E-state index in [0.29, 0.717) is 23.7 Å². The standard InChI is InChI=1S/C20H21N3O3S2/c1-2-22-20(25)26-12-13-5-7-15-16(11-21)19(28-17(15)10-13)23-18(24)8-6-14-4-3-9-27-14/h3-4,6,8-9,13H,2,5,7,10,12H2,1H3,(H,22,25)(H,23,24)/b8-6+. The minimum Gasteiger partial charge on any atom is -0.449 e. The lowest BCUT2D eigenvalue weighted by Gasteiger charge is -2.21. The van der Waals surface area contributed by atoms with Crippen LogP contribution in [0.1, 0.15) is 34.2 Å². The monoisotopic (exact) mass is 415 g/mol. The zero-order chi connectivity index (χ0) is 19.9. The number of fused-ring (bicyclic) bond motifs is 1. The zero-order valence-electron chi connectivity index (χ0n) is 15.5. The van der Waals surface area contributed by atoms with Crippen molar-refractivity contribution in [2.24, 2.45) is 5.92 Å². The van der Waals surface area contributed by atoms with Crippen LogP contribution in [0.5, 0.6) is 0 Å². The van der Waals surface area contributed by atoms with Gasteiger partial charge in [0.25, 0.3) is 0 Å². The Labute approximate surface area is 171 Å². The van der Waals surface area contributed by atoms with Gasteiger partial charge in [0, 0.05) is 22.4 Å². The molecule has 0 radical (unpaired) electrons. The van der Waals surface area contributed by atoms with Gasteiger partial charge >= 0.3 is 6.09 Å². The van der Waals surface area contributed by atoms with Gasteiger partial charge in [0.2, 0.25) is 5.91 Å². The normalized spacial score (nSPS) is 15.6. The van der Waals surface area contributed by atoms with Gasteiger partial charge in [-0.3, -0.25) is 4.79 Å². The maximum atomic E-state index is 12.2. The molecule has 1 unspecified atom stereocenters. The predicted octanol–water partition coefficient (Wildman–Crippen LogP) is 4.18. The first-order valence-corrected chi connectivity index (χ1v) is 10.8. The molecular weight excluding hydrogens is 394 g/mol. The van der Waals surface area contributed by atoms with Crippen LogP contribution in [0.2, 0.25) is 0 Å². The van der Waals surface area contributed by atoms with Gasteiger partial charge in [0.1, 0.15) is 11.1 Å². The molecule has 2 heterocycles. The number of carbonyl (C=O) groups is 2. The van der Waals surface area contributed by atoms with Crippen molar-refractivity contribution in [3.05, 3.63) is 44.5 Å². The molecule has 0 spiro atoms. The van der Waals surface area contributed by atoms with Crippen LogP contribution in [0.15, 0.2) is 23.6 Å². The summed E-state index contributed by atoms with van der Waals surface area (Å²) in [7, 11) is 0. The van der Waals surface area contributed by atoms with Crippen molar-refractivity contribution in [3.63, 3.8) is 0 Å². The fourth-order valence-corrected chi connectivity index (χ4v) is 5.02. The Bertz CT molecular complexity index is 910. The van der Waals surface area contributed by atoms with Crippen LogP contribution in [-0.2, 0) is 22.4 Å². The number of thiophene rings is 2. The maximum Gasteiger partial charge on any atom is 0.407 e. The third kappa shape index (κ3) is 5.00. The van der Waals surface area contributed by atoms with Gasteiger partial charge in [-0.05, 0) is 55.2 Å². The van der Waals surface area contributed by atoms with E-state index in [9.17, 15) is 14.9 Å². The lowest BCUT2D eigenvalue weighted by Crippen LogP contribution is -2.27. The largest absolute Gasteiger partial charge is 0.449 e. The number of amides is 2. The lowest BCUT2D eigenvalue weighted by molar-refractivity contribution is -0.111. The summed E-state index contributed by atoms with van der Waals surface area (Å²) in [5, 5.41) is 17.6. The van der Waals surface area contributed by atoms with Gasteiger partial charge in [0.15, 0.2) is 0 Å². The second-order valence-corrected chi connectivity index (χ2v) is 8.48. The van der Waals surface area contributed by atoms with Crippen molar-refractivity contribution in [2.75, 3.05) is 18.5 Å². The van der Waals surface area contributed by atoms with E-state index in [4.69, 9.17) is 4.74 Å². The van der Waals surface area contributed by atoms with Crippen LogP contribution in [0, 0.1) is 17.2 Å². The number of nitriles is 1. The van der Waals surface area contributed by atoms with E-state index in [2.05, 4.69) is 16.7 Å². The summed E-state index contributed by atoms with van der Waals surface area (Å²) in [6.45, 7) is 2.74. The SMILES string of the molecule is CCNC(=O)OCC1CCc2c(sc(NC(=O)/C=C/c3cccs3)c2C#N)C1. The molecule has 2 N–H and O–H groups in total. The fourth-order valence-electron chi connectivity index (χ4n) is 3.09. The molecular formula is C20H21N3O3S2. The van der Waals surface area contributed by atoms with Crippen LogP contribution >= 0.6 is 22.7 Å². The number of nitrogens with one attached hydrogen (secondary N) is 2. The fraction of sp³-hybridized carbons (Fsp3) is 0.350. The van der Waals surface area contributed by atoms with Gasteiger partial charge in [0.05, 0.1) is 12.2 Å². The zero-order valence-corrected chi connectivity index (χ0v) is 17.1. The molecule has 2 aromatic heterocycles. The van der Waals surface area contributed by atoms with Crippen LogP contribution in [0.4, 0.5) is 9.80 Å². The first-order valence-electron chi connectivity index (χ1n) is 9.08. The minimum atomic E-state index is -0.400. The molecule has 2 amide bonds. The van der Waals surface area contributed by atoms with Gasteiger partial charge in [-0.2, -0.15) is 5.26 Å². The van der Waals surface area contributed by atoms with Crippen LogP contribution < -0.4 is 10.6 Å². The third-order valence-corrected chi connectivity index (χ3v) is 6.44. The summed E-state index contributed by atoms with van der Waals surface area (Å²) in [5.41, 5.74) is 1.57. The van der Waals surface area contributed by atoms with Crippen LogP contribution in [-0.4, -0.2) is 25.2 Å². The molecule has 0 saturated heterocycles. The molecule has 1 atom stereocenters. The quantitative estimate of drug-likeness (QED) is 0.692. The molecule has 0 aliphatic heterocycles. The Morgan fingerprint density at radius 3 is 3.04 bits per heavy atom. The molecule has 1 aliphatic carbocycles. The molecule has 0 bridgehead atoms. The van der Waals surface area contributed by atoms with E-state index >= 15 is 0 Å². The summed E-state index contributed by atoms with van der Waals surface area (Å²) in [5.74, 6) is -0.0257. The summed E-state index contributed by atoms with van der Waals surface area (Å²) >= 11 is 3.00. The number of anilines is 1. The highest BCUT2D eigenvalue weighted by atomic mass is 32.1. The first-order chi connectivity index (χ1) is 13.6. The summed E-state index contributed by atoms with van der Waals surface area (Å²) in [6.07, 6.45) is 5.18. The van der Waals surface area contributed by atoms with Gasteiger partial charge < -0.3 is 15.4 Å². The summed E-state index contributed by atoms with van der Waals surface area (Å²) in [4.78, 5) is 25.8. The maximum absolute atomic E-state index is 12.2. The molecule has 1 aliphatic rings. The van der Waals surface area contributed by atoms with Crippen molar-refractivity contribution in [2.45, 2.75) is 26.2 Å². The third-order valence-electron chi connectivity index (χ3n) is 4.43. The molecule has 146 valence electrons. The van der Waals surface area contributed by atoms with Crippen LogP contribution in [0.3, 0.4) is 0 Å². The number of carbonyl (C=O) groups excluding carboxylic acids is 2. The minimum absolute atomic E-state index is 0.225. The van der Waals surface area contributed by atoms with Crippen molar-refractivity contribution >= 4 is 45.8 Å². The number of ether oxygens (including phenoxy) is 1. The molecule has 3 rings (SSSR count). The second kappa shape index (κ2) is 9.53. The average Bonchev–Trinajstić information content (AvgIpc) is 3.31.